The summed E-state index contributed by atoms with van der Waals surface area (Å²) in [5, 5.41) is 7.40. The molecule has 1 aliphatic heterocycles. The summed E-state index contributed by atoms with van der Waals surface area (Å²) in [7, 11) is 3.51. The fourth-order valence-electron chi connectivity index (χ4n) is 3.20. The summed E-state index contributed by atoms with van der Waals surface area (Å²) in [6, 6.07) is 10.4. The van der Waals surface area contributed by atoms with Gasteiger partial charge in [-0.15, -0.1) is 24.0 Å². The molecule has 0 aliphatic carbocycles. The molecule has 0 spiro atoms. The number of halogens is 1. The first kappa shape index (κ1) is 20.5. The summed E-state index contributed by atoms with van der Waals surface area (Å²) < 4.78 is 10.6. The molecule has 3 rings (SSSR count). The molecule has 0 saturated carbocycles. The van der Waals surface area contributed by atoms with Gasteiger partial charge in [-0.05, 0) is 30.5 Å². The van der Waals surface area contributed by atoms with Crippen LogP contribution in [0.1, 0.15) is 36.3 Å². The van der Waals surface area contributed by atoms with Crippen LogP contribution in [0.5, 0.6) is 5.75 Å². The first-order valence-electron chi connectivity index (χ1n) is 8.77. The van der Waals surface area contributed by atoms with Crippen LogP contribution in [0, 0.1) is 0 Å². The smallest absolute Gasteiger partial charge is 0.194 e. The van der Waals surface area contributed by atoms with Crippen molar-refractivity contribution < 1.29 is 9.26 Å². The van der Waals surface area contributed by atoms with Crippen molar-refractivity contribution in [3.63, 3.8) is 0 Å². The van der Waals surface area contributed by atoms with Gasteiger partial charge in [-0.1, -0.05) is 24.2 Å². The molecule has 1 saturated heterocycles. The number of hydrogen-bond donors (Lipinski definition) is 1. The number of methoxy groups -OCH3 is 1. The van der Waals surface area contributed by atoms with Gasteiger partial charge < -0.3 is 19.5 Å². The predicted octanol–water partition coefficient (Wildman–Crippen LogP) is 3.43. The minimum Gasteiger partial charge on any atom is -0.497 e. The number of hydrogen-bond acceptors (Lipinski definition) is 4. The third-order valence-electron chi connectivity index (χ3n) is 4.68. The first-order valence-corrected chi connectivity index (χ1v) is 8.77. The van der Waals surface area contributed by atoms with Gasteiger partial charge in [0.25, 0.3) is 0 Å². The van der Waals surface area contributed by atoms with E-state index in [1.54, 1.807) is 7.11 Å². The minimum atomic E-state index is 0. The number of benzene rings is 1. The Morgan fingerprint density at radius 3 is 2.77 bits per heavy atom. The maximum Gasteiger partial charge on any atom is 0.194 e. The Labute approximate surface area is 172 Å². The van der Waals surface area contributed by atoms with Crippen LogP contribution in [0.3, 0.4) is 0 Å². The number of nitrogens with zero attached hydrogens (tertiary/aromatic N) is 3. The monoisotopic (exact) mass is 470 g/mol. The molecule has 7 heteroatoms. The lowest BCUT2D eigenvalue weighted by atomic mass is 9.98. The summed E-state index contributed by atoms with van der Waals surface area (Å²) in [4.78, 5) is 6.71. The van der Waals surface area contributed by atoms with Crippen LogP contribution in [-0.4, -0.2) is 43.3 Å². The molecular weight excluding hydrogens is 443 g/mol. The highest BCUT2D eigenvalue weighted by molar-refractivity contribution is 14.0. The van der Waals surface area contributed by atoms with Crippen molar-refractivity contribution in [3.8, 4) is 5.75 Å². The summed E-state index contributed by atoms with van der Waals surface area (Å²) >= 11 is 0. The Morgan fingerprint density at radius 1 is 1.38 bits per heavy atom. The molecule has 1 aromatic carbocycles. The highest BCUT2D eigenvalue weighted by atomic mass is 127. The lowest BCUT2D eigenvalue weighted by Gasteiger charge is -2.21. The normalized spacial score (nSPS) is 17.1. The Morgan fingerprint density at radius 2 is 2.15 bits per heavy atom. The molecule has 1 aliphatic rings. The van der Waals surface area contributed by atoms with Gasteiger partial charge in [-0.2, -0.15) is 0 Å². The molecule has 6 nitrogen and oxygen atoms in total. The maximum absolute atomic E-state index is 5.33. The van der Waals surface area contributed by atoms with Crippen LogP contribution in [0.25, 0.3) is 0 Å². The van der Waals surface area contributed by atoms with Gasteiger partial charge in [0.2, 0.25) is 0 Å². The standard InChI is InChI=1S/C19H26N4O2.HI/c1-4-16-11-18(25-22-16)12-21-19(20-2)23-10-9-15(13-23)14-5-7-17(24-3)8-6-14;/h5-8,11,15H,4,9-10,12-13H2,1-3H3,(H,20,21);1H. The zero-order chi connectivity index (χ0) is 17.6. The van der Waals surface area contributed by atoms with Gasteiger partial charge in [0, 0.05) is 32.1 Å². The van der Waals surface area contributed by atoms with Gasteiger partial charge in [0.05, 0.1) is 19.3 Å². The Balaban J connectivity index is 0.00000243. The SMILES string of the molecule is CCc1cc(CNC(=NC)N2CCC(c3ccc(OC)cc3)C2)on1.I. The summed E-state index contributed by atoms with van der Waals surface area (Å²) in [5.74, 6) is 3.16. The van der Waals surface area contributed by atoms with Gasteiger partial charge >= 0.3 is 0 Å². The van der Waals surface area contributed by atoms with Crippen molar-refractivity contribution in [2.24, 2.45) is 4.99 Å². The van der Waals surface area contributed by atoms with E-state index >= 15 is 0 Å². The fraction of sp³-hybridized carbons (Fsp3) is 0.474. The molecule has 1 unspecified atom stereocenters. The minimum absolute atomic E-state index is 0. The number of rotatable bonds is 5. The van der Waals surface area contributed by atoms with E-state index in [4.69, 9.17) is 9.26 Å². The van der Waals surface area contributed by atoms with Crippen LogP contribution in [0.4, 0.5) is 0 Å². The van der Waals surface area contributed by atoms with E-state index in [-0.39, 0.29) is 24.0 Å². The van der Waals surface area contributed by atoms with Crippen molar-refractivity contribution in [1.29, 1.82) is 0 Å². The van der Waals surface area contributed by atoms with E-state index in [9.17, 15) is 0 Å². The zero-order valence-electron chi connectivity index (χ0n) is 15.6. The molecule has 1 atom stereocenters. The molecule has 1 N–H and O–H groups in total. The molecule has 0 amide bonds. The van der Waals surface area contributed by atoms with Crippen molar-refractivity contribution in [2.75, 3.05) is 27.2 Å². The lowest BCUT2D eigenvalue weighted by molar-refractivity contribution is 0.371. The molecule has 1 aromatic heterocycles. The highest BCUT2D eigenvalue weighted by Gasteiger charge is 2.26. The van der Waals surface area contributed by atoms with E-state index in [2.05, 4.69) is 39.4 Å². The number of nitrogens with one attached hydrogen (secondary N) is 1. The van der Waals surface area contributed by atoms with E-state index in [0.717, 1.165) is 49.1 Å². The molecule has 26 heavy (non-hydrogen) atoms. The van der Waals surface area contributed by atoms with Gasteiger partial charge in [-0.25, -0.2) is 0 Å². The van der Waals surface area contributed by atoms with Gasteiger partial charge in [0.15, 0.2) is 11.7 Å². The van der Waals surface area contributed by atoms with E-state index in [0.29, 0.717) is 12.5 Å². The number of ether oxygens (including phenoxy) is 1. The second-order valence-electron chi connectivity index (χ2n) is 6.24. The quantitative estimate of drug-likeness (QED) is 0.412. The van der Waals surface area contributed by atoms with Crippen molar-refractivity contribution >= 4 is 29.9 Å². The molecule has 1 fully saturated rings. The van der Waals surface area contributed by atoms with Crippen molar-refractivity contribution in [2.45, 2.75) is 32.2 Å². The number of aliphatic imine (C=N–C) groups is 1. The predicted molar refractivity (Wildman–Crippen MR) is 113 cm³/mol. The fourth-order valence-corrected chi connectivity index (χ4v) is 3.20. The van der Waals surface area contributed by atoms with Crippen molar-refractivity contribution in [3.05, 3.63) is 47.3 Å². The second kappa shape index (κ2) is 9.80. The highest BCUT2D eigenvalue weighted by Crippen LogP contribution is 2.28. The van der Waals surface area contributed by atoms with E-state index in [1.807, 2.05) is 25.2 Å². The van der Waals surface area contributed by atoms with Crippen molar-refractivity contribution in [1.82, 2.24) is 15.4 Å². The zero-order valence-corrected chi connectivity index (χ0v) is 17.9. The third-order valence-corrected chi connectivity index (χ3v) is 4.68. The second-order valence-corrected chi connectivity index (χ2v) is 6.24. The molecule has 0 radical (unpaired) electrons. The van der Waals surface area contributed by atoms with Gasteiger partial charge in [-0.3, -0.25) is 4.99 Å². The maximum atomic E-state index is 5.33. The first-order chi connectivity index (χ1) is 12.2. The van der Waals surface area contributed by atoms with E-state index < -0.39 is 0 Å². The van der Waals surface area contributed by atoms with Crippen LogP contribution >= 0.6 is 24.0 Å². The Hall–Kier alpha value is -1.77. The average Bonchev–Trinajstić information content (AvgIpc) is 3.32. The largest absolute Gasteiger partial charge is 0.497 e. The Kier molecular flexibility index (Phi) is 7.74. The van der Waals surface area contributed by atoms with Crippen LogP contribution in [0.15, 0.2) is 39.8 Å². The summed E-state index contributed by atoms with van der Waals surface area (Å²) in [6.07, 6.45) is 2.00. The third kappa shape index (κ3) is 4.90. The average molecular weight is 470 g/mol. The number of guanidine groups is 1. The number of aromatic nitrogens is 1. The molecule has 2 heterocycles. The van der Waals surface area contributed by atoms with Crippen LogP contribution in [0.2, 0.25) is 0 Å². The summed E-state index contributed by atoms with van der Waals surface area (Å²) in [6.45, 7) is 4.62. The van der Waals surface area contributed by atoms with E-state index in [1.165, 1.54) is 5.56 Å². The molecule has 2 aromatic rings. The molecule has 0 bridgehead atoms. The van der Waals surface area contributed by atoms with Crippen LogP contribution < -0.4 is 10.1 Å². The molecule has 142 valence electrons. The Bertz CT molecular complexity index is 715. The summed E-state index contributed by atoms with van der Waals surface area (Å²) in [5.41, 5.74) is 2.33. The topological polar surface area (TPSA) is 62.9 Å². The molecular formula is C19H27IN4O2. The van der Waals surface area contributed by atoms with Gasteiger partial charge in [0.1, 0.15) is 5.75 Å². The number of aryl methyl sites for hydroxylation is 1. The number of likely N-dealkylation sites (tertiary alicyclic amines) is 1. The van der Waals surface area contributed by atoms with Crippen LogP contribution in [-0.2, 0) is 13.0 Å². The lowest BCUT2D eigenvalue weighted by Crippen LogP contribution is -2.39.